The highest BCUT2D eigenvalue weighted by atomic mass is 19.3. The number of alkyl halides is 2. The number of carbonyl (C=O) groups excluding carboxylic acids is 1. The van der Waals surface area contributed by atoms with Crippen molar-refractivity contribution in [3.05, 3.63) is 35.4 Å². The zero-order chi connectivity index (χ0) is 17.3. The zero-order valence-corrected chi connectivity index (χ0v) is 14.1. The van der Waals surface area contributed by atoms with Crippen molar-refractivity contribution in [3.8, 4) is 5.75 Å². The molecule has 24 heavy (non-hydrogen) atoms. The Balaban J connectivity index is 1.88. The number of carbonyl (C=O) groups is 1. The summed E-state index contributed by atoms with van der Waals surface area (Å²) in [6, 6.07) is 4.89. The topological polar surface area (TPSA) is 38.3 Å². The fourth-order valence-corrected chi connectivity index (χ4v) is 3.68. The van der Waals surface area contributed by atoms with Gasteiger partial charge in [0.25, 0.3) is 0 Å². The van der Waals surface area contributed by atoms with Crippen molar-refractivity contribution in [2.24, 2.45) is 5.92 Å². The predicted molar refractivity (Wildman–Crippen MR) is 88.8 cm³/mol. The van der Waals surface area contributed by atoms with E-state index in [4.69, 9.17) is 0 Å². The predicted octanol–water partition coefficient (Wildman–Crippen LogP) is 4.62. The van der Waals surface area contributed by atoms with Gasteiger partial charge in [0, 0.05) is 23.3 Å². The third-order valence-electron chi connectivity index (χ3n) is 4.92. The summed E-state index contributed by atoms with van der Waals surface area (Å²) in [5.41, 5.74) is 2.08. The van der Waals surface area contributed by atoms with Crippen LogP contribution in [0.15, 0.2) is 24.3 Å². The average Bonchev–Trinajstić information content (AvgIpc) is 2.78. The second kappa shape index (κ2) is 6.54. The number of ketones is 1. The molecule has 130 valence electrons. The van der Waals surface area contributed by atoms with E-state index in [1.165, 1.54) is 12.5 Å². The summed E-state index contributed by atoms with van der Waals surface area (Å²) in [7, 11) is 0. The standard InChI is InChI=1S/C19H23F2NO2/c1-19(2)15-10-13(24-18(20)21)8-9-14(15)16(22-19)11-17(23)12-6-4-3-5-7-12/h8-12,18,22H,3-7H2,1-2H3/b16-11-. The van der Waals surface area contributed by atoms with Gasteiger partial charge in [-0.25, -0.2) is 0 Å². The minimum atomic E-state index is -2.84. The number of fused-ring (bicyclic) bond motifs is 1. The number of rotatable bonds is 4. The van der Waals surface area contributed by atoms with Gasteiger partial charge < -0.3 is 10.1 Å². The van der Waals surface area contributed by atoms with E-state index in [9.17, 15) is 13.6 Å². The summed E-state index contributed by atoms with van der Waals surface area (Å²) < 4.78 is 29.3. The van der Waals surface area contributed by atoms with Crippen LogP contribution in [0.5, 0.6) is 5.75 Å². The molecule has 2 aliphatic rings. The summed E-state index contributed by atoms with van der Waals surface area (Å²) >= 11 is 0. The number of hydrogen-bond acceptors (Lipinski definition) is 3. The smallest absolute Gasteiger partial charge is 0.387 e. The lowest BCUT2D eigenvalue weighted by Gasteiger charge is -2.21. The Kier molecular flexibility index (Phi) is 4.61. The molecular formula is C19H23F2NO2. The molecule has 1 fully saturated rings. The molecule has 1 aromatic rings. The van der Waals surface area contributed by atoms with E-state index in [1.54, 1.807) is 18.2 Å². The normalized spacial score (nSPS) is 21.6. The molecule has 3 rings (SSSR count). The van der Waals surface area contributed by atoms with Crippen LogP contribution in [0.25, 0.3) is 5.70 Å². The fraction of sp³-hybridized carbons (Fsp3) is 0.526. The van der Waals surface area contributed by atoms with E-state index in [2.05, 4.69) is 10.1 Å². The maximum Gasteiger partial charge on any atom is 0.387 e. The van der Waals surface area contributed by atoms with Gasteiger partial charge in [-0.2, -0.15) is 8.78 Å². The molecule has 0 radical (unpaired) electrons. The average molecular weight is 335 g/mol. The summed E-state index contributed by atoms with van der Waals surface area (Å²) in [5.74, 6) is 0.411. The van der Waals surface area contributed by atoms with Crippen molar-refractivity contribution >= 4 is 11.5 Å². The van der Waals surface area contributed by atoms with E-state index in [0.717, 1.165) is 42.5 Å². The molecular weight excluding hydrogens is 312 g/mol. The zero-order valence-electron chi connectivity index (χ0n) is 14.1. The third kappa shape index (κ3) is 3.45. The first-order chi connectivity index (χ1) is 11.4. The van der Waals surface area contributed by atoms with Gasteiger partial charge in [0.05, 0.1) is 5.54 Å². The third-order valence-corrected chi connectivity index (χ3v) is 4.92. The highest BCUT2D eigenvalue weighted by Crippen LogP contribution is 2.39. The van der Waals surface area contributed by atoms with Crippen molar-refractivity contribution < 1.29 is 18.3 Å². The molecule has 1 saturated carbocycles. The van der Waals surface area contributed by atoms with Crippen LogP contribution in [-0.2, 0) is 10.3 Å². The lowest BCUT2D eigenvalue weighted by Crippen LogP contribution is -2.29. The van der Waals surface area contributed by atoms with Crippen LogP contribution in [-0.4, -0.2) is 12.4 Å². The van der Waals surface area contributed by atoms with Gasteiger partial charge in [0.2, 0.25) is 0 Å². The van der Waals surface area contributed by atoms with E-state index in [-0.39, 0.29) is 17.5 Å². The van der Waals surface area contributed by atoms with Crippen LogP contribution in [0.4, 0.5) is 8.78 Å². The fourth-order valence-electron chi connectivity index (χ4n) is 3.68. The van der Waals surface area contributed by atoms with Crippen molar-refractivity contribution in [1.29, 1.82) is 0 Å². The number of halogens is 2. The molecule has 5 heteroatoms. The van der Waals surface area contributed by atoms with Crippen LogP contribution in [0, 0.1) is 5.92 Å². The Morgan fingerprint density at radius 3 is 2.67 bits per heavy atom. The van der Waals surface area contributed by atoms with Gasteiger partial charge in [-0.3, -0.25) is 4.79 Å². The van der Waals surface area contributed by atoms with Crippen LogP contribution in [0.1, 0.15) is 57.1 Å². The van der Waals surface area contributed by atoms with Gasteiger partial charge >= 0.3 is 6.61 Å². The number of nitrogens with one attached hydrogen (secondary N) is 1. The number of allylic oxidation sites excluding steroid dienone is 1. The van der Waals surface area contributed by atoms with E-state index in [0.29, 0.717) is 0 Å². The van der Waals surface area contributed by atoms with Crippen molar-refractivity contribution in [2.75, 3.05) is 0 Å². The van der Waals surface area contributed by atoms with E-state index < -0.39 is 12.2 Å². The van der Waals surface area contributed by atoms with Crippen LogP contribution in [0.3, 0.4) is 0 Å². The van der Waals surface area contributed by atoms with Crippen LogP contribution >= 0.6 is 0 Å². The maximum atomic E-state index is 12.5. The van der Waals surface area contributed by atoms with Gasteiger partial charge in [0.15, 0.2) is 5.78 Å². The molecule has 0 bridgehead atoms. The molecule has 0 aromatic heterocycles. The molecule has 0 unspecified atom stereocenters. The first kappa shape index (κ1) is 16.9. The Morgan fingerprint density at radius 1 is 1.29 bits per heavy atom. The highest BCUT2D eigenvalue weighted by Gasteiger charge is 2.34. The lowest BCUT2D eigenvalue weighted by molar-refractivity contribution is -0.119. The Morgan fingerprint density at radius 2 is 2.00 bits per heavy atom. The molecule has 3 nitrogen and oxygen atoms in total. The second-order valence-corrected chi connectivity index (χ2v) is 7.13. The van der Waals surface area contributed by atoms with Crippen LogP contribution in [0.2, 0.25) is 0 Å². The lowest BCUT2D eigenvalue weighted by atomic mass is 9.86. The summed E-state index contributed by atoms with van der Waals surface area (Å²) in [6.45, 7) is 1.08. The van der Waals surface area contributed by atoms with Crippen LogP contribution < -0.4 is 10.1 Å². The molecule has 0 amide bonds. The van der Waals surface area contributed by atoms with Crippen molar-refractivity contribution in [1.82, 2.24) is 5.32 Å². The Hall–Kier alpha value is -1.91. The number of benzene rings is 1. The van der Waals surface area contributed by atoms with E-state index in [1.807, 2.05) is 13.8 Å². The molecule has 1 aromatic carbocycles. The second-order valence-electron chi connectivity index (χ2n) is 7.13. The molecule has 1 aliphatic heterocycles. The molecule has 1 N–H and O–H groups in total. The highest BCUT2D eigenvalue weighted by molar-refractivity contribution is 5.99. The van der Waals surface area contributed by atoms with Crippen molar-refractivity contribution in [3.63, 3.8) is 0 Å². The van der Waals surface area contributed by atoms with Gasteiger partial charge in [-0.15, -0.1) is 0 Å². The molecule has 1 heterocycles. The maximum absolute atomic E-state index is 12.5. The molecule has 0 atom stereocenters. The largest absolute Gasteiger partial charge is 0.435 e. The summed E-state index contributed by atoms with van der Waals surface area (Å²) in [6.07, 6.45) is 7.05. The monoisotopic (exact) mass is 335 g/mol. The summed E-state index contributed by atoms with van der Waals surface area (Å²) in [4.78, 5) is 12.5. The quantitative estimate of drug-likeness (QED) is 0.816. The van der Waals surface area contributed by atoms with E-state index >= 15 is 0 Å². The SMILES string of the molecule is CC1(C)N/C(=C\C(=O)C2CCCCC2)c2ccc(OC(F)F)cc21. The molecule has 1 aliphatic carbocycles. The first-order valence-corrected chi connectivity index (χ1v) is 8.50. The Labute approximate surface area is 141 Å². The van der Waals surface area contributed by atoms with Gasteiger partial charge in [-0.1, -0.05) is 19.3 Å². The van der Waals surface area contributed by atoms with Gasteiger partial charge in [0.1, 0.15) is 5.75 Å². The minimum Gasteiger partial charge on any atom is -0.435 e. The summed E-state index contributed by atoms with van der Waals surface area (Å²) in [5, 5.41) is 3.34. The number of hydrogen-bond donors (Lipinski definition) is 1. The van der Waals surface area contributed by atoms with Crippen molar-refractivity contribution in [2.45, 2.75) is 58.1 Å². The number of ether oxygens (including phenoxy) is 1. The Bertz CT molecular complexity index is 661. The van der Waals surface area contributed by atoms with Gasteiger partial charge in [-0.05, 0) is 50.5 Å². The molecule has 0 saturated heterocycles. The molecule has 0 spiro atoms. The first-order valence-electron chi connectivity index (χ1n) is 8.50. The minimum absolute atomic E-state index is 0.113.